The van der Waals surface area contributed by atoms with Gasteiger partial charge in [-0.25, -0.2) is 0 Å². The van der Waals surface area contributed by atoms with Crippen LogP contribution in [0.5, 0.6) is 0 Å². The highest BCUT2D eigenvalue weighted by Gasteiger charge is 2.24. The van der Waals surface area contributed by atoms with Crippen LogP contribution in [0.2, 0.25) is 0 Å². The molecule has 1 aliphatic rings. The van der Waals surface area contributed by atoms with E-state index >= 15 is 0 Å². The number of benzene rings is 3. The number of ketones is 1. The Balaban J connectivity index is 1.39. The van der Waals surface area contributed by atoms with Crippen LogP contribution in [0.4, 0.5) is 0 Å². The fraction of sp³-hybridized carbons (Fsp3) is 0.406. The maximum Gasteiger partial charge on any atom is 0.162 e. The summed E-state index contributed by atoms with van der Waals surface area (Å²) in [6.07, 6.45) is 0.203. The Kier molecular flexibility index (Phi) is 6.23. The van der Waals surface area contributed by atoms with Gasteiger partial charge in [0.2, 0.25) is 0 Å². The van der Waals surface area contributed by atoms with Crippen molar-refractivity contribution in [3.63, 3.8) is 0 Å². The Morgan fingerprint density at radius 2 is 1.66 bits per heavy atom. The van der Waals surface area contributed by atoms with Crippen LogP contribution in [0.1, 0.15) is 87.8 Å². The summed E-state index contributed by atoms with van der Waals surface area (Å²) in [6, 6.07) is 14.3. The van der Waals surface area contributed by atoms with E-state index in [1.54, 1.807) is 30.3 Å². The molecule has 1 fully saturated rings. The average Bonchev–Trinajstić information content (AvgIpc) is 2.96. The third-order valence-electron chi connectivity index (χ3n) is 6.53. The number of carbonyl (C=O) groups excluding carboxylic acids is 1. The van der Waals surface area contributed by atoms with E-state index < -0.39 is 36.3 Å². The van der Waals surface area contributed by atoms with Crippen molar-refractivity contribution in [2.75, 3.05) is 19.6 Å². The molecule has 0 aromatic heterocycles. The molecule has 3 heteroatoms. The van der Waals surface area contributed by atoms with Crippen molar-refractivity contribution in [1.29, 1.82) is 0 Å². The number of hydrogen-bond acceptors (Lipinski definition) is 3. The molecular weight excluding hydrogens is 430 g/mol. The first-order chi connectivity index (χ1) is 19.3. The van der Waals surface area contributed by atoms with Crippen molar-refractivity contribution in [3.05, 3.63) is 107 Å². The highest BCUT2D eigenvalue weighted by molar-refractivity contribution is 5.96. The lowest BCUT2D eigenvalue weighted by Crippen LogP contribution is -2.38. The van der Waals surface area contributed by atoms with Crippen molar-refractivity contribution < 1.29 is 17.8 Å². The van der Waals surface area contributed by atoms with Crippen LogP contribution in [-0.2, 0) is 10.2 Å². The minimum atomic E-state index is -1.96. The zero-order chi connectivity index (χ0) is 29.9. The number of hydrogen-bond donors (Lipinski definition) is 0. The van der Waals surface area contributed by atoms with Crippen LogP contribution in [0, 0.1) is 0 Å². The summed E-state index contributed by atoms with van der Waals surface area (Å²) in [5.74, 6) is 0.143. The summed E-state index contributed by atoms with van der Waals surface area (Å²) in [4.78, 5) is 15.0. The smallest absolute Gasteiger partial charge is 0.162 e. The van der Waals surface area contributed by atoms with Crippen molar-refractivity contribution in [2.24, 2.45) is 0 Å². The Morgan fingerprint density at radius 3 is 2.29 bits per heavy atom. The van der Waals surface area contributed by atoms with E-state index in [0.717, 1.165) is 31.6 Å². The van der Waals surface area contributed by atoms with Crippen LogP contribution in [0.15, 0.2) is 84.8 Å². The van der Waals surface area contributed by atoms with Crippen molar-refractivity contribution in [1.82, 2.24) is 4.90 Å². The first-order valence-electron chi connectivity index (χ1n) is 15.5. The first kappa shape index (κ1) is 18.5. The molecule has 1 heterocycles. The van der Waals surface area contributed by atoms with E-state index in [0.29, 0.717) is 24.8 Å². The molecule has 0 aliphatic carbocycles. The van der Waals surface area contributed by atoms with E-state index in [1.165, 1.54) is 5.56 Å². The summed E-state index contributed by atoms with van der Waals surface area (Å²) in [6.45, 7) is 8.69. The van der Waals surface area contributed by atoms with Crippen LogP contribution in [0.3, 0.4) is 0 Å². The largest absolute Gasteiger partial charge is 0.365 e. The molecule has 3 nitrogen and oxygen atoms in total. The average molecular weight is 476 g/mol. The normalized spacial score (nSPS) is 19.5. The molecule has 0 bridgehead atoms. The summed E-state index contributed by atoms with van der Waals surface area (Å²) in [7, 11) is 0. The second kappa shape index (κ2) is 11.8. The number of Topliss-reactive ketones (excluding diaryl/α,β-unsaturated/α-hetero) is 1. The number of carbonyl (C=O) groups is 1. The Bertz CT molecular complexity index is 1340. The predicted molar refractivity (Wildman–Crippen MR) is 144 cm³/mol. The van der Waals surface area contributed by atoms with Crippen LogP contribution >= 0.6 is 0 Å². The summed E-state index contributed by atoms with van der Waals surface area (Å²) < 4.78 is 56.9. The second-order valence-corrected chi connectivity index (χ2v) is 10.2. The minimum absolute atomic E-state index is 0.0484. The maximum atomic E-state index is 12.7. The monoisotopic (exact) mass is 475 g/mol. The highest BCUT2D eigenvalue weighted by Crippen LogP contribution is 2.30. The Labute approximate surface area is 219 Å². The molecule has 1 aliphatic heterocycles. The molecule has 1 atom stereocenters. The molecule has 0 N–H and O–H groups in total. The topological polar surface area (TPSA) is 29.5 Å². The van der Waals surface area contributed by atoms with Gasteiger partial charge in [-0.1, -0.05) is 106 Å². The second-order valence-electron chi connectivity index (χ2n) is 10.2. The maximum absolute atomic E-state index is 12.7. The third kappa shape index (κ3) is 7.13. The molecule has 1 saturated heterocycles. The number of piperidine rings is 1. The van der Waals surface area contributed by atoms with E-state index in [1.807, 2.05) is 24.3 Å². The highest BCUT2D eigenvalue weighted by atomic mass is 16.5. The molecule has 4 rings (SSSR count). The molecule has 3 aromatic carbocycles. The van der Waals surface area contributed by atoms with E-state index in [9.17, 15) is 6.17 Å². The molecule has 0 amide bonds. The van der Waals surface area contributed by atoms with E-state index in [2.05, 4.69) is 25.7 Å². The number of rotatable bonds is 9. The van der Waals surface area contributed by atoms with Gasteiger partial charge < -0.3 is 9.64 Å². The summed E-state index contributed by atoms with van der Waals surface area (Å²) >= 11 is 0. The van der Waals surface area contributed by atoms with Gasteiger partial charge in [0.1, 0.15) is 6.08 Å². The third-order valence-corrected chi connectivity index (χ3v) is 6.53. The zero-order valence-electron chi connectivity index (χ0n) is 27.0. The lowest BCUT2D eigenvalue weighted by atomic mass is 9.86. The minimum Gasteiger partial charge on any atom is -0.365 e. The zero-order valence-corrected chi connectivity index (χ0v) is 21.0. The number of likely N-dealkylation sites (tertiary alicyclic amines) is 1. The predicted octanol–water partition coefficient (Wildman–Crippen LogP) is 7.22. The molecule has 0 saturated carbocycles. The summed E-state index contributed by atoms with van der Waals surface area (Å²) in [5, 5.41) is 0. The number of ether oxygens (including phenoxy) is 1. The van der Waals surface area contributed by atoms with E-state index in [4.69, 9.17) is 11.6 Å². The van der Waals surface area contributed by atoms with E-state index in [-0.39, 0.29) is 22.9 Å². The number of nitrogens with zero attached hydrogens (tertiary/aromatic N) is 1. The van der Waals surface area contributed by atoms with Gasteiger partial charge in [-0.2, -0.15) is 0 Å². The molecule has 1 unspecified atom stereocenters. The molecule has 184 valence electrons. The molecule has 0 spiro atoms. The van der Waals surface area contributed by atoms with Gasteiger partial charge in [0, 0.05) is 25.1 Å². The Hall–Kier alpha value is -2.75. The van der Waals surface area contributed by atoms with Gasteiger partial charge in [-0.15, -0.1) is 0 Å². The Morgan fingerprint density at radius 1 is 1.00 bits per heavy atom. The van der Waals surface area contributed by atoms with Crippen LogP contribution in [-0.4, -0.2) is 36.4 Å². The van der Waals surface area contributed by atoms with Crippen molar-refractivity contribution >= 4 is 5.78 Å². The van der Waals surface area contributed by atoms with Gasteiger partial charge in [0.15, 0.2) is 5.78 Å². The van der Waals surface area contributed by atoms with Crippen molar-refractivity contribution in [2.45, 2.75) is 64.1 Å². The fourth-order valence-electron chi connectivity index (χ4n) is 4.41. The molecule has 35 heavy (non-hydrogen) atoms. The summed E-state index contributed by atoms with van der Waals surface area (Å²) in [5.41, 5.74) is 2.23. The van der Waals surface area contributed by atoms with Crippen LogP contribution in [0.25, 0.3) is 0 Å². The first-order valence-corrected chi connectivity index (χ1v) is 12.5. The SMILES string of the molecule is [2H]c1c([2H])c([2H])c(C([2H])(OC2CCN(CCCC(=O)c3ccc(C(C)(C)C)cc3)CC2)c2ccccc2)c([2H])c1[2H]. The van der Waals surface area contributed by atoms with Gasteiger partial charge in [-0.3, -0.25) is 4.79 Å². The lowest BCUT2D eigenvalue weighted by molar-refractivity contribution is -0.0270. The van der Waals surface area contributed by atoms with Crippen molar-refractivity contribution in [3.8, 4) is 0 Å². The van der Waals surface area contributed by atoms with Gasteiger partial charge in [0.05, 0.1) is 14.3 Å². The lowest BCUT2D eigenvalue weighted by Gasteiger charge is -2.34. The molecule has 3 aromatic rings. The standard InChI is InChI=1S/C32H39NO2/c1-32(2,3)28-18-16-25(17-19-28)30(34)15-10-22-33-23-20-29(21-24-33)35-31(26-11-6-4-7-12-26)27-13-8-5-9-14-27/h4-9,11-14,16-19,29,31H,10,15,20-24H2,1-3H3/i4D,6D,7D,11D,12D,31D. The van der Waals surface area contributed by atoms with Gasteiger partial charge >= 0.3 is 0 Å². The van der Waals surface area contributed by atoms with Crippen LogP contribution < -0.4 is 0 Å². The molecular formula is C32H39NO2. The van der Waals surface area contributed by atoms with Gasteiger partial charge in [-0.05, 0) is 47.9 Å². The van der Waals surface area contributed by atoms with Gasteiger partial charge in [0.25, 0.3) is 0 Å². The quantitative estimate of drug-likeness (QED) is 0.306. The fourth-order valence-corrected chi connectivity index (χ4v) is 4.41. The molecule has 0 radical (unpaired) electrons.